The van der Waals surface area contributed by atoms with E-state index in [1.54, 1.807) is 0 Å². The number of benzene rings is 1. The summed E-state index contributed by atoms with van der Waals surface area (Å²) in [6, 6.07) is 5.80. The van der Waals surface area contributed by atoms with Crippen molar-refractivity contribution in [2.45, 2.75) is 18.1 Å². The Bertz CT molecular complexity index is 1000. The van der Waals surface area contributed by atoms with Gasteiger partial charge in [-0.1, -0.05) is 0 Å². The summed E-state index contributed by atoms with van der Waals surface area (Å²) in [5, 5.41) is 0. The number of hydrogen-bond acceptors (Lipinski definition) is 8. The average Bonchev–Trinajstić information content (AvgIpc) is 2.98. The van der Waals surface area contributed by atoms with Crippen molar-refractivity contribution >= 4 is 44.8 Å². The van der Waals surface area contributed by atoms with Gasteiger partial charge in [0, 0.05) is 11.3 Å². The van der Waals surface area contributed by atoms with Crippen LogP contribution < -0.4 is 4.72 Å². The van der Waals surface area contributed by atoms with Gasteiger partial charge in [0.15, 0.2) is 9.99 Å². The number of carbonyl (C=O) groups is 3. The van der Waals surface area contributed by atoms with Crippen LogP contribution >= 0.6 is 11.3 Å². The number of rotatable bonds is 6. The van der Waals surface area contributed by atoms with Gasteiger partial charge in [-0.3, -0.25) is 9.52 Å². The first-order valence-electron chi connectivity index (χ1n) is 7.56. The highest BCUT2D eigenvalue weighted by atomic mass is 32.2. The van der Waals surface area contributed by atoms with Crippen LogP contribution in [0.15, 0.2) is 28.5 Å². The molecular formula is C17H17NO7S2. The minimum absolute atomic E-state index is 0.00907. The Morgan fingerprint density at radius 3 is 2.04 bits per heavy atom. The van der Waals surface area contributed by atoms with E-state index >= 15 is 0 Å². The summed E-state index contributed by atoms with van der Waals surface area (Å²) in [4.78, 5) is 35.3. The van der Waals surface area contributed by atoms with Crippen molar-refractivity contribution in [3.63, 3.8) is 0 Å². The highest BCUT2D eigenvalue weighted by Crippen LogP contribution is 2.34. The number of hydrogen-bond donors (Lipinski definition) is 1. The minimum atomic E-state index is -4.20. The first-order valence-corrected chi connectivity index (χ1v) is 9.86. The molecule has 2 aromatic rings. The molecule has 2 rings (SSSR count). The SMILES string of the molecule is COC(=O)c1sc(S(=O)(=O)Nc2ccc(C(C)=O)cc2)c(C(=O)OC)c1C. The Labute approximate surface area is 160 Å². The van der Waals surface area contributed by atoms with Crippen LogP contribution in [0.25, 0.3) is 0 Å². The third-order valence-corrected chi connectivity index (χ3v) is 6.83. The van der Waals surface area contributed by atoms with Gasteiger partial charge in [0.25, 0.3) is 10.0 Å². The Balaban J connectivity index is 2.52. The van der Waals surface area contributed by atoms with Crippen LogP contribution in [0.1, 0.15) is 42.9 Å². The van der Waals surface area contributed by atoms with Crippen LogP contribution in [-0.2, 0) is 19.5 Å². The summed E-state index contributed by atoms with van der Waals surface area (Å²) < 4.78 is 36.9. The van der Waals surface area contributed by atoms with Crippen LogP contribution in [0.2, 0.25) is 0 Å². The predicted molar refractivity (Wildman–Crippen MR) is 99.0 cm³/mol. The largest absolute Gasteiger partial charge is 0.465 e. The zero-order chi connectivity index (χ0) is 20.4. The highest BCUT2D eigenvalue weighted by Gasteiger charge is 2.32. The van der Waals surface area contributed by atoms with Crippen molar-refractivity contribution in [2.75, 3.05) is 18.9 Å². The zero-order valence-corrected chi connectivity index (χ0v) is 16.6. The molecule has 0 amide bonds. The number of nitrogens with one attached hydrogen (secondary N) is 1. The topological polar surface area (TPSA) is 116 Å². The lowest BCUT2D eigenvalue weighted by Gasteiger charge is -2.09. The minimum Gasteiger partial charge on any atom is -0.465 e. The molecule has 0 unspecified atom stereocenters. The van der Waals surface area contributed by atoms with Gasteiger partial charge >= 0.3 is 11.9 Å². The quantitative estimate of drug-likeness (QED) is 0.574. The average molecular weight is 411 g/mol. The fourth-order valence-corrected chi connectivity index (χ4v) is 5.08. The molecule has 0 spiro atoms. The second-order valence-electron chi connectivity index (χ2n) is 5.44. The molecule has 1 heterocycles. The molecule has 0 aliphatic rings. The maximum Gasteiger partial charge on any atom is 0.348 e. The lowest BCUT2D eigenvalue weighted by molar-refractivity contribution is 0.0596. The number of methoxy groups -OCH3 is 2. The third kappa shape index (κ3) is 4.17. The van der Waals surface area contributed by atoms with Crippen LogP contribution in [0.5, 0.6) is 0 Å². The molecule has 0 radical (unpaired) electrons. The van der Waals surface area contributed by atoms with Gasteiger partial charge in [0.05, 0.1) is 19.8 Å². The van der Waals surface area contributed by atoms with E-state index in [2.05, 4.69) is 14.2 Å². The molecule has 0 aliphatic carbocycles. The molecule has 0 fully saturated rings. The number of esters is 2. The standard InChI is InChI=1S/C17H17NO7S2/c1-9-13(15(20)24-3)17(26-14(9)16(21)25-4)27(22,23)18-12-7-5-11(6-8-12)10(2)19/h5-8,18H,1-4H3. The second kappa shape index (κ2) is 7.89. The monoisotopic (exact) mass is 411 g/mol. The zero-order valence-electron chi connectivity index (χ0n) is 15.0. The first-order chi connectivity index (χ1) is 12.6. The van der Waals surface area contributed by atoms with Gasteiger partial charge in [-0.2, -0.15) is 0 Å². The Hall–Kier alpha value is -2.72. The van der Waals surface area contributed by atoms with E-state index < -0.39 is 22.0 Å². The molecule has 0 aliphatic heterocycles. The summed E-state index contributed by atoms with van der Waals surface area (Å²) in [7, 11) is -1.93. The number of Topliss-reactive ketones (excluding diaryl/α,β-unsaturated/α-hetero) is 1. The highest BCUT2D eigenvalue weighted by molar-refractivity contribution is 7.94. The van der Waals surface area contributed by atoms with Crippen molar-refractivity contribution in [2.24, 2.45) is 0 Å². The Morgan fingerprint density at radius 1 is 1.00 bits per heavy atom. The van der Waals surface area contributed by atoms with Gasteiger partial charge in [-0.25, -0.2) is 18.0 Å². The normalized spacial score (nSPS) is 11.0. The van der Waals surface area contributed by atoms with Crippen molar-refractivity contribution in [3.05, 3.63) is 45.8 Å². The molecule has 0 saturated carbocycles. The Kier molecular flexibility index (Phi) is 6.01. The summed E-state index contributed by atoms with van der Waals surface area (Å²) in [5.74, 6) is -1.80. The van der Waals surface area contributed by atoms with Crippen LogP contribution in [-0.4, -0.2) is 40.4 Å². The van der Waals surface area contributed by atoms with E-state index in [9.17, 15) is 22.8 Å². The van der Waals surface area contributed by atoms with E-state index in [4.69, 9.17) is 0 Å². The van der Waals surface area contributed by atoms with Crippen LogP contribution in [0, 0.1) is 6.92 Å². The summed E-state index contributed by atoms with van der Waals surface area (Å²) in [6.07, 6.45) is 0. The van der Waals surface area contributed by atoms with Crippen LogP contribution in [0.3, 0.4) is 0 Å². The van der Waals surface area contributed by atoms with E-state index in [0.29, 0.717) is 16.9 Å². The summed E-state index contributed by atoms with van der Waals surface area (Å²) in [6.45, 7) is 2.83. The van der Waals surface area contributed by atoms with E-state index in [-0.39, 0.29) is 31.7 Å². The molecule has 10 heteroatoms. The number of carbonyl (C=O) groups excluding carboxylic acids is 3. The third-order valence-electron chi connectivity index (χ3n) is 3.66. The number of anilines is 1. The van der Waals surface area contributed by atoms with Gasteiger partial charge in [0.1, 0.15) is 4.88 Å². The van der Waals surface area contributed by atoms with Crippen molar-refractivity contribution in [3.8, 4) is 0 Å². The van der Waals surface area contributed by atoms with E-state index in [1.165, 1.54) is 38.1 Å². The molecule has 27 heavy (non-hydrogen) atoms. The lowest BCUT2D eigenvalue weighted by atomic mass is 10.1. The van der Waals surface area contributed by atoms with Crippen molar-refractivity contribution in [1.82, 2.24) is 0 Å². The molecule has 0 bridgehead atoms. The van der Waals surface area contributed by atoms with Gasteiger partial charge in [-0.15, -0.1) is 11.3 Å². The Morgan fingerprint density at radius 2 is 1.56 bits per heavy atom. The lowest BCUT2D eigenvalue weighted by Crippen LogP contribution is -2.16. The number of ether oxygens (including phenoxy) is 2. The molecule has 1 aromatic carbocycles. The maximum absolute atomic E-state index is 12.8. The fourth-order valence-electron chi connectivity index (χ4n) is 2.28. The first kappa shape index (κ1) is 20.6. The molecule has 0 saturated heterocycles. The van der Waals surface area contributed by atoms with Gasteiger partial charge < -0.3 is 9.47 Å². The van der Waals surface area contributed by atoms with Gasteiger partial charge in [-0.05, 0) is 43.7 Å². The molecule has 8 nitrogen and oxygen atoms in total. The summed E-state index contributed by atoms with van der Waals surface area (Å²) in [5.41, 5.74) is 0.552. The second-order valence-corrected chi connectivity index (χ2v) is 8.34. The smallest absolute Gasteiger partial charge is 0.348 e. The fraction of sp³-hybridized carbons (Fsp3) is 0.235. The van der Waals surface area contributed by atoms with Crippen molar-refractivity contribution in [1.29, 1.82) is 0 Å². The molecular weight excluding hydrogens is 394 g/mol. The van der Waals surface area contributed by atoms with E-state index in [1.807, 2.05) is 0 Å². The molecule has 0 atom stereocenters. The summed E-state index contributed by atoms with van der Waals surface area (Å²) >= 11 is 0.617. The molecule has 1 aromatic heterocycles. The molecule has 1 N–H and O–H groups in total. The van der Waals surface area contributed by atoms with Crippen LogP contribution in [0.4, 0.5) is 5.69 Å². The number of thiophene rings is 1. The van der Waals surface area contributed by atoms with Gasteiger partial charge in [0.2, 0.25) is 0 Å². The predicted octanol–water partition coefficient (Wildman–Crippen LogP) is 2.63. The van der Waals surface area contributed by atoms with Crippen molar-refractivity contribution < 1.29 is 32.3 Å². The van der Waals surface area contributed by atoms with E-state index in [0.717, 1.165) is 14.2 Å². The molecule has 144 valence electrons. The number of ketones is 1. The number of sulfonamides is 1. The maximum atomic E-state index is 12.8.